The van der Waals surface area contributed by atoms with Gasteiger partial charge in [-0.15, -0.1) is 0 Å². The minimum atomic E-state index is -0.592. The molecule has 1 N–H and O–H groups in total. The molecular formula is C17H12ClFN2O2. The second kappa shape index (κ2) is 7.43. The predicted octanol–water partition coefficient (Wildman–Crippen LogP) is 4.03. The van der Waals surface area contributed by atoms with Gasteiger partial charge in [-0.2, -0.15) is 5.26 Å². The maximum atomic E-state index is 12.8. The van der Waals surface area contributed by atoms with Gasteiger partial charge in [0.25, 0.3) is 5.91 Å². The van der Waals surface area contributed by atoms with E-state index in [0.717, 1.165) is 0 Å². The lowest BCUT2D eigenvalue weighted by Crippen LogP contribution is -2.13. The first-order valence-electron chi connectivity index (χ1n) is 6.55. The smallest absolute Gasteiger partial charge is 0.266 e. The normalized spacial score (nSPS) is 10.8. The van der Waals surface area contributed by atoms with Crippen LogP contribution < -0.4 is 10.1 Å². The molecule has 0 aliphatic rings. The van der Waals surface area contributed by atoms with E-state index in [1.807, 2.05) is 6.07 Å². The van der Waals surface area contributed by atoms with Crippen LogP contribution in [0.5, 0.6) is 5.75 Å². The molecule has 0 saturated heterocycles. The Hall–Kier alpha value is -2.84. The third-order valence-electron chi connectivity index (χ3n) is 2.95. The summed E-state index contributed by atoms with van der Waals surface area (Å²) < 4.78 is 17.9. The number of methoxy groups -OCH3 is 1. The van der Waals surface area contributed by atoms with E-state index < -0.39 is 11.7 Å². The number of anilines is 1. The Bertz CT molecular complexity index is 795. The molecule has 4 nitrogen and oxygen atoms in total. The Morgan fingerprint density at radius 1 is 1.30 bits per heavy atom. The number of benzene rings is 2. The van der Waals surface area contributed by atoms with Crippen LogP contribution in [0.1, 0.15) is 5.56 Å². The van der Waals surface area contributed by atoms with Gasteiger partial charge in [-0.05, 0) is 48.0 Å². The van der Waals surface area contributed by atoms with Crippen molar-refractivity contribution < 1.29 is 13.9 Å². The summed E-state index contributed by atoms with van der Waals surface area (Å²) in [6, 6.07) is 12.0. The number of carbonyl (C=O) groups is 1. The van der Waals surface area contributed by atoms with E-state index in [4.69, 9.17) is 21.6 Å². The number of nitriles is 1. The Morgan fingerprint density at radius 2 is 2.00 bits per heavy atom. The van der Waals surface area contributed by atoms with Gasteiger partial charge in [0.05, 0.1) is 12.1 Å². The van der Waals surface area contributed by atoms with E-state index in [9.17, 15) is 9.18 Å². The molecule has 0 radical (unpaired) electrons. The van der Waals surface area contributed by atoms with Gasteiger partial charge < -0.3 is 10.1 Å². The Labute approximate surface area is 137 Å². The second-order valence-corrected chi connectivity index (χ2v) is 4.93. The van der Waals surface area contributed by atoms with Crippen LogP contribution in [0.2, 0.25) is 5.02 Å². The van der Waals surface area contributed by atoms with E-state index in [1.165, 1.54) is 37.5 Å². The summed E-state index contributed by atoms with van der Waals surface area (Å²) in [4.78, 5) is 12.1. The molecule has 1 amide bonds. The molecule has 0 spiro atoms. The Kier molecular flexibility index (Phi) is 5.34. The van der Waals surface area contributed by atoms with Gasteiger partial charge in [-0.25, -0.2) is 4.39 Å². The van der Waals surface area contributed by atoms with Gasteiger partial charge in [0.1, 0.15) is 23.2 Å². The topological polar surface area (TPSA) is 62.1 Å². The van der Waals surface area contributed by atoms with Crippen LogP contribution in [0.15, 0.2) is 48.0 Å². The lowest BCUT2D eigenvalue weighted by Gasteiger charge is -2.05. The highest BCUT2D eigenvalue weighted by Crippen LogP contribution is 2.26. The largest absolute Gasteiger partial charge is 0.495 e. The molecular weight excluding hydrogens is 319 g/mol. The minimum absolute atomic E-state index is 0.101. The number of halogens is 2. The lowest BCUT2D eigenvalue weighted by molar-refractivity contribution is -0.112. The van der Waals surface area contributed by atoms with E-state index >= 15 is 0 Å². The van der Waals surface area contributed by atoms with E-state index in [-0.39, 0.29) is 5.57 Å². The van der Waals surface area contributed by atoms with E-state index in [2.05, 4.69) is 5.32 Å². The molecule has 0 bridgehead atoms. The number of amides is 1. The molecule has 2 aromatic carbocycles. The molecule has 0 saturated carbocycles. The quantitative estimate of drug-likeness (QED) is 0.680. The van der Waals surface area contributed by atoms with Crippen LogP contribution in [0.4, 0.5) is 10.1 Å². The van der Waals surface area contributed by atoms with Gasteiger partial charge in [-0.3, -0.25) is 4.79 Å². The fourth-order valence-electron chi connectivity index (χ4n) is 1.82. The Morgan fingerprint density at radius 3 is 2.57 bits per heavy atom. The molecule has 23 heavy (non-hydrogen) atoms. The van der Waals surface area contributed by atoms with Crippen molar-refractivity contribution >= 4 is 29.3 Å². The molecule has 0 aliphatic heterocycles. The van der Waals surface area contributed by atoms with Crippen LogP contribution in [-0.2, 0) is 4.79 Å². The fourth-order valence-corrected chi connectivity index (χ4v) is 2.09. The molecule has 0 fully saturated rings. The zero-order valence-corrected chi connectivity index (χ0v) is 12.9. The van der Waals surface area contributed by atoms with Crippen molar-refractivity contribution in [3.05, 3.63) is 64.4 Å². The average molecular weight is 331 g/mol. The number of ether oxygens (including phenoxy) is 1. The standard InChI is InChI=1S/C17H12ClFN2O2/c1-23-16-7-2-11(9-15(16)18)8-12(10-20)17(22)21-14-5-3-13(19)4-6-14/h2-9H,1H3,(H,21,22)/b12-8+. The molecule has 0 heterocycles. The van der Waals surface area contributed by atoms with Crippen molar-refractivity contribution in [1.82, 2.24) is 0 Å². The zero-order valence-electron chi connectivity index (χ0n) is 12.1. The highest BCUT2D eigenvalue weighted by Gasteiger charge is 2.10. The fraction of sp³-hybridized carbons (Fsp3) is 0.0588. The number of carbonyl (C=O) groups excluding carboxylic acids is 1. The molecule has 0 aliphatic carbocycles. The molecule has 0 aromatic heterocycles. The van der Waals surface area contributed by atoms with Gasteiger partial charge in [0, 0.05) is 5.69 Å². The lowest BCUT2D eigenvalue weighted by atomic mass is 10.1. The highest BCUT2D eigenvalue weighted by molar-refractivity contribution is 6.32. The number of hydrogen-bond acceptors (Lipinski definition) is 3. The minimum Gasteiger partial charge on any atom is -0.495 e. The molecule has 0 unspecified atom stereocenters. The van der Waals surface area contributed by atoms with E-state index in [0.29, 0.717) is 22.0 Å². The van der Waals surface area contributed by atoms with Crippen LogP contribution in [0.3, 0.4) is 0 Å². The molecule has 6 heteroatoms. The Balaban J connectivity index is 2.21. The number of nitrogens with zero attached hydrogens (tertiary/aromatic N) is 1. The maximum Gasteiger partial charge on any atom is 0.266 e. The third-order valence-corrected chi connectivity index (χ3v) is 3.25. The van der Waals surface area contributed by atoms with Gasteiger partial charge in [-0.1, -0.05) is 17.7 Å². The zero-order chi connectivity index (χ0) is 16.8. The first kappa shape index (κ1) is 16.5. The summed E-state index contributed by atoms with van der Waals surface area (Å²) in [5.41, 5.74) is 0.877. The SMILES string of the molecule is COc1ccc(/C=C(\C#N)C(=O)Nc2ccc(F)cc2)cc1Cl. The summed E-state index contributed by atoms with van der Waals surface area (Å²) in [5, 5.41) is 12.0. The van der Waals surface area contributed by atoms with Crippen molar-refractivity contribution in [3.63, 3.8) is 0 Å². The van der Waals surface area contributed by atoms with Crippen LogP contribution in [-0.4, -0.2) is 13.0 Å². The van der Waals surface area contributed by atoms with Crippen molar-refractivity contribution in [1.29, 1.82) is 5.26 Å². The van der Waals surface area contributed by atoms with E-state index in [1.54, 1.807) is 18.2 Å². The molecule has 116 valence electrons. The molecule has 2 rings (SSSR count). The summed E-state index contributed by atoms with van der Waals surface area (Å²) in [7, 11) is 1.49. The van der Waals surface area contributed by atoms with Crippen LogP contribution in [0.25, 0.3) is 6.08 Å². The summed E-state index contributed by atoms with van der Waals surface area (Å²) >= 11 is 6.01. The third kappa shape index (κ3) is 4.31. The second-order valence-electron chi connectivity index (χ2n) is 4.52. The number of nitrogens with one attached hydrogen (secondary N) is 1. The molecule has 2 aromatic rings. The van der Waals surface area contributed by atoms with Crippen LogP contribution in [0, 0.1) is 17.1 Å². The van der Waals surface area contributed by atoms with Gasteiger partial charge >= 0.3 is 0 Å². The predicted molar refractivity (Wildman–Crippen MR) is 86.6 cm³/mol. The maximum absolute atomic E-state index is 12.8. The highest BCUT2D eigenvalue weighted by atomic mass is 35.5. The van der Waals surface area contributed by atoms with Crippen molar-refractivity contribution in [3.8, 4) is 11.8 Å². The van der Waals surface area contributed by atoms with Crippen LogP contribution >= 0.6 is 11.6 Å². The van der Waals surface area contributed by atoms with Gasteiger partial charge in [0.15, 0.2) is 0 Å². The number of hydrogen-bond donors (Lipinski definition) is 1. The van der Waals surface area contributed by atoms with Gasteiger partial charge in [0.2, 0.25) is 0 Å². The summed E-state index contributed by atoms with van der Waals surface area (Å²) in [6.45, 7) is 0. The number of rotatable bonds is 4. The summed E-state index contributed by atoms with van der Waals surface area (Å²) in [5.74, 6) is -0.504. The van der Waals surface area contributed by atoms with Crippen molar-refractivity contribution in [2.45, 2.75) is 0 Å². The van der Waals surface area contributed by atoms with Crippen molar-refractivity contribution in [2.75, 3.05) is 12.4 Å². The first-order chi connectivity index (χ1) is 11.0. The average Bonchev–Trinajstić information content (AvgIpc) is 2.54. The summed E-state index contributed by atoms with van der Waals surface area (Å²) in [6.07, 6.45) is 1.41. The molecule has 0 atom stereocenters. The van der Waals surface area contributed by atoms with Crippen molar-refractivity contribution in [2.24, 2.45) is 0 Å². The first-order valence-corrected chi connectivity index (χ1v) is 6.93. The monoisotopic (exact) mass is 330 g/mol.